The molecule has 33 heavy (non-hydrogen) atoms. The van der Waals surface area contributed by atoms with E-state index in [2.05, 4.69) is 10.6 Å². The fourth-order valence-corrected chi connectivity index (χ4v) is 6.15. The Hall–Kier alpha value is -2.10. The summed E-state index contributed by atoms with van der Waals surface area (Å²) in [6, 6.07) is 8.87. The van der Waals surface area contributed by atoms with E-state index in [-0.39, 0.29) is 28.2 Å². The largest absolute Gasteiger partial charge is 0.417 e. The van der Waals surface area contributed by atoms with E-state index in [4.69, 9.17) is 11.6 Å². The van der Waals surface area contributed by atoms with Gasteiger partial charge in [0.1, 0.15) is 0 Å². The summed E-state index contributed by atoms with van der Waals surface area (Å²) in [6.45, 7) is 0.745. The number of hydrogen-bond acceptors (Lipinski definition) is 4. The molecule has 2 fully saturated rings. The molecule has 1 heterocycles. The summed E-state index contributed by atoms with van der Waals surface area (Å²) in [5, 5.41) is 5.45. The first-order valence-corrected chi connectivity index (χ1v) is 12.8. The van der Waals surface area contributed by atoms with Crippen LogP contribution in [0.5, 0.6) is 0 Å². The van der Waals surface area contributed by atoms with E-state index < -0.39 is 38.5 Å². The molecule has 1 unspecified atom stereocenters. The average Bonchev–Trinajstić information content (AvgIpc) is 3.39. The van der Waals surface area contributed by atoms with Crippen molar-refractivity contribution in [3.63, 3.8) is 0 Å². The lowest BCUT2D eigenvalue weighted by Crippen LogP contribution is -2.41. The van der Waals surface area contributed by atoms with Crippen LogP contribution in [-0.2, 0) is 16.0 Å². The van der Waals surface area contributed by atoms with Gasteiger partial charge in [0, 0.05) is 6.04 Å². The van der Waals surface area contributed by atoms with Gasteiger partial charge in [-0.15, -0.1) is 0 Å². The van der Waals surface area contributed by atoms with Crippen molar-refractivity contribution in [2.24, 2.45) is 5.92 Å². The quantitative estimate of drug-likeness (QED) is 0.574. The van der Waals surface area contributed by atoms with E-state index in [9.17, 15) is 26.4 Å². The van der Waals surface area contributed by atoms with Crippen LogP contribution in [0.15, 0.2) is 47.4 Å². The van der Waals surface area contributed by atoms with Crippen LogP contribution in [0.4, 0.5) is 13.2 Å². The summed E-state index contributed by atoms with van der Waals surface area (Å²) in [6.07, 6.45) is -1.19. The zero-order valence-corrected chi connectivity index (χ0v) is 19.2. The van der Waals surface area contributed by atoms with Gasteiger partial charge in [-0.3, -0.25) is 4.79 Å². The summed E-state index contributed by atoms with van der Waals surface area (Å²) in [4.78, 5) is 13.2. The SMILES string of the molecule is O=C(N[C@H](c1ccc(S(=O)(=O)CC2CC2)cc1)C1CCCN1)c1cccc(C(F)(F)F)c1Cl. The maximum atomic E-state index is 13.2. The van der Waals surface area contributed by atoms with Crippen LogP contribution < -0.4 is 10.6 Å². The zero-order chi connectivity index (χ0) is 23.8. The molecule has 178 valence electrons. The minimum absolute atomic E-state index is 0.130. The molecule has 2 aromatic carbocycles. The van der Waals surface area contributed by atoms with Crippen LogP contribution in [0.2, 0.25) is 5.02 Å². The molecule has 0 radical (unpaired) electrons. The molecule has 0 aromatic heterocycles. The van der Waals surface area contributed by atoms with E-state index in [1.54, 1.807) is 12.1 Å². The highest BCUT2D eigenvalue weighted by molar-refractivity contribution is 7.91. The van der Waals surface area contributed by atoms with Crippen molar-refractivity contribution >= 4 is 27.3 Å². The number of sulfone groups is 1. The Morgan fingerprint density at radius 2 is 1.82 bits per heavy atom. The topological polar surface area (TPSA) is 75.3 Å². The molecule has 5 nitrogen and oxygen atoms in total. The standard InChI is InChI=1S/C23H24ClF3N2O3S/c24-20-17(3-1-4-18(20)23(25,26)27)22(30)29-21(19-5-2-12-28-19)15-8-10-16(11-9-15)33(31,32)13-14-6-7-14/h1,3-4,8-11,14,19,21,28H,2,5-7,12-13H2,(H,29,30)/t19?,21-/m1/s1. The van der Waals surface area contributed by atoms with Crippen LogP contribution in [0.1, 0.15) is 53.2 Å². The third kappa shape index (κ3) is 5.53. The maximum Gasteiger partial charge on any atom is 0.417 e. The van der Waals surface area contributed by atoms with Crippen molar-refractivity contribution in [3.05, 3.63) is 64.2 Å². The lowest BCUT2D eigenvalue weighted by Gasteiger charge is -2.26. The highest BCUT2D eigenvalue weighted by Gasteiger charge is 2.36. The molecule has 1 saturated heterocycles. The van der Waals surface area contributed by atoms with E-state index in [1.165, 1.54) is 18.2 Å². The maximum absolute atomic E-state index is 13.2. The second-order valence-corrected chi connectivity index (χ2v) is 11.0. The first-order chi connectivity index (χ1) is 15.6. The lowest BCUT2D eigenvalue weighted by atomic mass is 9.97. The third-order valence-electron chi connectivity index (χ3n) is 6.09. The van der Waals surface area contributed by atoms with Gasteiger partial charge < -0.3 is 10.6 Å². The first-order valence-electron chi connectivity index (χ1n) is 10.8. The average molecular weight is 501 g/mol. The molecule has 0 bridgehead atoms. The summed E-state index contributed by atoms with van der Waals surface area (Å²) >= 11 is 5.93. The fraction of sp³-hybridized carbons (Fsp3) is 0.435. The Balaban J connectivity index is 1.59. The van der Waals surface area contributed by atoms with Gasteiger partial charge in [0.2, 0.25) is 0 Å². The highest BCUT2D eigenvalue weighted by Crippen LogP contribution is 2.37. The Labute approximate surface area is 195 Å². The normalized spacial score (nSPS) is 19.9. The number of benzene rings is 2. The van der Waals surface area contributed by atoms with Crippen molar-refractivity contribution in [2.45, 2.75) is 48.8 Å². The lowest BCUT2D eigenvalue weighted by molar-refractivity contribution is -0.137. The molecule has 2 aromatic rings. The van der Waals surface area contributed by atoms with Gasteiger partial charge in [0.15, 0.2) is 9.84 Å². The van der Waals surface area contributed by atoms with E-state index in [0.29, 0.717) is 5.56 Å². The summed E-state index contributed by atoms with van der Waals surface area (Å²) in [5.74, 6) is -0.373. The van der Waals surface area contributed by atoms with Crippen LogP contribution in [-0.4, -0.2) is 32.7 Å². The van der Waals surface area contributed by atoms with E-state index in [1.807, 2.05) is 0 Å². The molecule has 2 aliphatic rings. The van der Waals surface area contributed by atoms with E-state index in [0.717, 1.165) is 44.4 Å². The first kappa shape index (κ1) is 24.0. The van der Waals surface area contributed by atoms with E-state index >= 15 is 0 Å². The predicted octanol–water partition coefficient (Wildman–Crippen LogP) is 4.77. The molecule has 1 saturated carbocycles. The number of hydrogen-bond donors (Lipinski definition) is 2. The minimum Gasteiger partial charge on any atom is -0.344 e. The van der Waals surface area contributed by atoms with Crippen molar-refractivity contribution in [1.29, 1.82) is 0 Å². The number of alkyl halides is 3. The molecule has 1 aliphatic carbocycles. The van der Waals surface area contributed by atoms with Gasteiger partial charge in [-0.1, -0.05) is 29.8 Å². The summed E-state index contributed by atoms with van der Waals surface area (Å²) in [5.41, 5.74) is -0.674. The number of rotatable bonds is 7. The Bertz CT molecular complexity index is 1130. The van der Waals surface area contributed by atoms with Crippen LogP contribution in [0.25, 0.3) is 0 Å². The molecule has 0 spiro atoms. The molecule has 1 amide bonds. The Kier molecular flexibility index (Phi) is 6.75. The monoisotopic (exact) mass is 500 g/mol. The number of carbonyl (C=O) groups excluding carboxylic acids is 1. The number of halogens is 4. The Morgan fingerprint density at radius 1 is 1.12 bits per heavy atom. The second kappa shape index (κ2) is 9.27. The molecular weight excluding hydrogens is 477 g/mol. The number of amides is 1. The van der Waals surface area contributed by atoms with Crippen LogP contribution in [0, 0.1) is 5.92 Å². The molecule has 2 N–H and O–H groups in total. The smallest absolute Gasteiger partial charge is 0.344 e. The van der Waals surface area contributed by atoms with Crippen molar-refractivity contribution in [3.8, 4) is 0 Å². The fourth-order valence-electron chi connectivity index (χ4n) is 4.13. The zero-order valence-electron chi connectivity index (χ0n) is 17.7. The summed E-state index contributed by atoms with van der Waals surface area (Å²) in [7, 11) is -3.38. The van der Waals surface area contributed by atoms with Crippen molar-refractivity contribution in [1.82, 2.24) is 10.6 Å². The van der Waals surface area contributed by atoms with Gasteiger partial charge in [-0.25, -0.2) is 8.42 Å². The second-order valence-electron chi connectivity index (χ2n) is 8.61. The predicted molar refractivity (Wildman–Crippen MR) is 119 cm³/mol. The molecular formula is C23H24ClF3N2O3S. The van der Waals surface area contributed by atoms with Crippen molar-refractivity contribution in [2.75, 3.05) is 12.3 Å². The molecule has 2 atom stereocenters. The molecule has 1 aliphatic heterocycles. The van der Waals surface area contributed by atoms with Crippen molar-refractivity contribution < 1.29 is 26.4 Å². The Morgan fingerprint density at radius 3 is 2.39 bits per heavy atom. The van der Waals surface area contributed by atoms with Gasteiger partial charge in [0.05, 0.1) is 32.8 Å². The van der Waals surface area contributed by atoms with Crippen LogP contribution >= 0.6 is 11.6 Å². The van der Waals surface area contributed by atoms with Crippen LogP contribution in [0.3, 0.4) is 0 Å². The number of carbonyl (C=O) groups is 1. The van der Waals surface area contributed by atoms with Gasteiger partial charge in [0.25, 0.3) is 5.91 Å². The van der Waals surface area contributed by atoms with Gasteiger partial charge in [-0.2, -0.15) is 13.2 Å². The highest BCUT2D eigenvalue weighted by atomic mass is 35.5. The molecule has 10 heteroatoms. The van der Waals surface area contributed by atoms with Gasteiger partial charge in [-0.05, 0) is 68.0 Å². The summed E-state index contributed by atoms with van der Waals surface area (Å²) < 4.78 is 64.7. The third-order valence-corrected chi connectivity index (χ3v) is 8.39. The number of nitrogens with one attached hydrogen (secondary N) is 2. The molecule has 4 rings (SSSR count). The minimum atomic E-state index is -4.68. The van der Waals surface area contributed by atoms with Gasteiger partial charge >= 0.3 is 6.18 Å².